The second kappa shape index (κ2) is 5.44. The van der Waals surface area contributed by atoms with Gasteiger partial charge in [-0.1, -0.05) is 0 Å². The summed E-state index contributed by atoms with van der Waals surface area (Å²) in [5.74, 6) is 0.837. The van der Waals surface area contributed by atoms with E-state index in [4.69, 9.17) is 10.5 Å². The average molecular weight is 195 g/mol. The molecule has 0 aromatic carbocycles. The third-order valence-corrected chi connectivity index (χ3v) is 2.02. The second-order valence-electron chi connectivity index (χ2n) is 3.18. The number of anilines is 2. The van der Waals surface area contributed by atoms with Gasteiger partial charge in [0.1, 0.15) is 0 Å². The Morgan fingerprint density at radius 3 is 3.00 bits per heavy atom. The largest absolute Gasteiger partial charge is 0.396 e. The topological polar surface area (TPSA) is 51.4 Å². The van der Waals surface area contributed by atoms with E-state index in [9.17, 15) is 0 Å². The highest BCUT2D eigenvalue weighted by Gasteiger charge is 2.04. The molecule has 0 fully saturated rings. The molecule has 0 aliphatic rings. The van der Waals surface area contributed by atoms with Gasteiger partial charge in [0.05, 0.1) is 5.69 Å². The molecule has 0 unspecified atom stereocenters. The molecule has 0 bridgehead atoms. The second-order valence-corrected chi connectivity index (χ2v) is 3.18. The molecule has 2 N–H and O–H groups in total. The number of hydrogen-bond donors (Lipinski definition) is 1. The lowest BCUT2D eigenvalue weighted by molar-refractivity contribution is 0.196. The van der Waals surface area contributed by atoms with Gasteiger partial charge in [-0.15, -0.1) is 0 Å². The standard InChI is InChI=1S/C10H17N3O/c1-13(7-4-8-14-2)10-9(11)5-3-6-12-10/h3,5-6H,4,7-8,11H2,1-2H3. The molecule has 0 saturated heterocycles. The Labute approximate surface area is 84.7 Å². The highest BCUT2D eigenvalue weighted by molar-refractivity contribution is 5.61. The van der Waals surface area contributed by atoms with E-state index in [1.807, 2.05) is 24.1 Å². The Morgan fingerprint density at radius 2 is 2.36 bits per heavy atom. The minimum absolute atomic E-state index is 0.715. The SMILES string of the molecule is COCCCN(C)c1ncccc1N. The quantitative estimate of drug-likeness (QED) is 0.716. The van der Waals surface area contributed by atoms with Gasteiger partial charge in [-0.25, -0.2) is 4.98 Å². The summed E-state index contributed by atoms with van der Waals surface area (Å²) in [6.45, 7) is 1.66. The van der Waals surface area contributed by atoms with E-state index in [0.717, 1.165) is 25.4 Å². The molecule has 4 nitrogen and oxygen atoms in total. The molecule has 0 spiro atoms. The average Bonchev–Trinajstić information content (AvgIpc) is 2.18. The molecule has 1 heterocycles. The minimum atomic E-state index is 0.715. The molecule has 14 heavy (non-hydrogen) atoms. The van der Waals surface area contributed by atoms with E-state index in [-0.39, 0.29) is 0 Å². The number of methoxy groups -OCH3 is 1. The van der Waals surface area contributed by atoms with Crippen LogP contribution in [0.5, 0.6) is 0 Å². The molecule has 78 valence electrons. The zero-order chi connectivity index (χ0) is 10.4. The van der Waals surface area contributed by atoms with Crippen LogP contribution < -0.4 is 10.6 Å². The number of aromatic nitrogens is 1. The number of nitrogens with zero attached hydrogens (tertiary/aromatic N) is 2. The first-order valence-electron chi connectivity index (χ1n) is 4.66. The number of ether oxygens (including phenoxy) is 1. The van der Waals surface area contributed by atoms with Crippen LogP contribution in [0.25, 0.3) is 0 Å². The number of rotatable bonds is 5. The lowest BCUT2D eigenvalue weighted by Gasteiger charge is -2.19. The van der Waals surface area contributed by atoms with Crippen molar-refractivity contribution in [2.75, 3.05) is 37.9 Å². The van der Waals surface area contributed by atoms with Crippen molar-refractivity contribution < 1.29 is 4.74 Å². The van der Waals surface area contributed by atoms with E-state index in [1.54, 1.807) is 13.3 Å². The zero-order valence-corrected chi connectivity index (χ0v) is 8.73. The highest BCUT2D eigenvalue weighted by Crippen LogP contribution is 2.17. The number of nitrogen functional groups attached to an aromatic ring is 1. The fourth-order valence-electron chi connectivity index (χ4n) is 1.28. The van der Waals surface area contributed by atoms with Crippen molar-refractivity contribution in [2.45, 2.75) is 6.42 Å². The summed E-state index contributed by atoms with van der Waals surface area (Å²) >= 11 is 0. The van der Waals surface area contributed by atoms with Gasteiger partial charge in [0.15, 0.2) is 5.82 Å². The summed E-state index contributed by atoms with van der Waals surface area (Å²) in [4.78, 5) is 6.25. The van der Waals surface area contributed by atoms with Crippen molar-refractivity contribution >= 4 is 11.5 Å². The third-order valence-electron chi connectivity index (χ3n) is 2.02. The summed E-state index contributed by atoms with van der Waals surface area (Å²) in [7, 11) is 3.68. The maximum atomic E-state index is 5.79. The molecular formula is C10H17N3O. The van der Waals surface area contributed by atoms with Gasteiger partial charge in [0, 0.05) is 33.5 Å². The summed E-state index contributed by atoms with van der Waals surface area (Å²) in [5, 5.41) is 0. The van der Waals surface area contributed by atoms with Crippen LogP contribution in [0.2, 0.25) is 0 Å². The molecular weight excluding hydrogens is 178 g/mol. The molecule has 1 aromatic rings. The Kier molecular flexibility index (Phi) is 4.19. The molecule has 4 heteroatoms. The van der Waals surface area contributed by atoms with Crippen molar-refractivity contribution in [3.05, 3.63) is 18.3 Å². The Morgan fingerprint density at radius 1 is 1.57 bits per heavy atom. The number of pyridine rings is 1. The molecule has 0 saturated carbocycles. The summed E-state index contributed by atoms with van der Waals surface area (Å²) in [5.41, 5.74) is 6.51. The molecule has 0 aliphatic carbocycles. The van der Waals surface area contributed by atoms with E-state index in [1.165, 1.54) is 0 Å². The van der Waals surface area contributed by atoms with Crippen LogP contribution in [0.15, 0.2) is 18.3 Å². The molecule has 0 amide bonds. The van der Waals surface area contributed by atoms with Crippen LogP contribution in [0.4, 0.5) is 11.5 Å². The van der Waals surface area contributed by atoms with Crippen LogP contribution >= 0.6 is 0 Å². The highest BCUT2D eigenvalue weighted by atomic mass is 16.5. The van der Waals surface area contributed by atoms with E-state index < -0.39 is 0 Å². The van der Waals surface area contributed by atoms with Gasteiger partial charge < -0.3 is 15.4 Å². The first-order valence-corrected chi connectivity index (χ1v) is 4.66. The lowest BCUT2D eigenvalue weighted by Crippen LogP contribution is -2.21. The van der Waals surface area contributed by atoms with Crippen LogP contribution in [0, 0.1) is 0 Å². The van der Waals surface area contributed by atoms with Gasteiger partial charge in [-0.05, 0) is 18.6 Å². The van der Waals surface area contributed by atoms with Crippen molar-refractivity contribution in [1.82, 2.24) is 4.98 Å². The molecule has 0 radical (unpaired) electrons. The van der Waals surface area contributed by atoms with E-state index >= 15 is 0 Å². The van der Waals surface area contributed by atoms with Crippen LogP contribution in [0.1, 0.15) is 6.42 Å². The summed E-state index contributed by atoms with van der Waals surface area (Å²) in [6, 6.07) is 3.69. The van der Waals surface area contributed by atoms with Crippen LogP contribution in [0.3, 0.4) is 0 Å². The molecule has 1 rings (SSSR count). The van der Waals surface area contributed by atoms with Gasteiger partial charge in [-0.2, -0.15) is 0 Å². The number of nitrogens with two attached hydrogens (primary N) is 1. The van der Waals surface area contributed by atoms with Crippen LogP contribution in [-0.4, -0.2) is 32.3 Å². The Hall–Kier alpha value is -1.29. The van der Waals surface area contributed by atoms with Gasteiger partial charge in [-0.3, -0.25) is 0 Å². The first kappa shape index (κ1) is 10.8. The molecule has 1 aromatic heterocycles. The fraction of sp³-hybridized carbons (Fsp3) is 0.500. The molecule has 0 atom stereocenters. The predicted octanol–water partition coefficient (Wildman–Crippen LogP) is 1.14. The fourth-order valence-corrected chi connectivity index (χ4v) is 1.28. The smallest absolute Gasteiger partial charge is 0.151 e. The van der Waals surface area contributed by atoms with E-state index in [0.29, 0.717) is 5.69 Å². The normalized spacial score (nSPS) is 10.1. The van der Waals surface area contributed by atoms with Crippen molar-refractivity contribution in [1.29, 1.82) is 0 Å². The monoisotopic (exact) mass is 195 g/mol. The van der Waals surface area contributed by atoms with Gasteiger partial charge in [0.25, 0.3) is 0 Å². The summed E-state index contributed by atoms with van der Waals surface area (Å²) < 4.78 is 4.98. The lowest BCUT2D eigenvalue weighted by atomic mass is 10.3. The van der Waals surface area contributed by atoms with Crippen LogP contribution in [-0.2, 0) is 4.74 Å². The minimum Gasteiger partial charge on any atom is -0.396 e. The van der Waals surface area contributed by atoms with Crippen molar-refractivity contribution in [2.24, 2.45) is 0 Å². The summed E-state index contributed by atoms with van der Waals surface area (Å²) in [6.07, 6.45) is 2.72. The predicted molar refractivity (Wildman–Crippen MR) is 58.4 cm³/mol. The van der Waals surface area contributed by atoms with Gasteiger partial charge >= 0.3 is 0 Å². The molecule has 0 aliphatic heterocycles. The number of hydrogen-bond acceptors (Lipinski definition) is 4. The maximum Gasteiger partial charge on any atom is 0.151 e. The van der Waals surface area contributed by atoms with Gasteiger partial charge in [0.2, 0.25) is 0 Å². The van der Waals surface area contributed by atoms with E-state index in [2.05, 4.69) is 4.98 Å². The van der Waals surface area contributed by atoms with Crippen molar-refractivity contribution in [3.63, 3.8) is 0 Å². The first-order chi connectivity index (χ1) is 6.75. The maximum absolute atomic E-state index is 5.79. The Balaban J connectivity index is 2.51. The Bertz CT molecular complexity index is 278. The third kappa shape index (κ3) is 2.88. The zero-order valence-electron chi connectivity index (χ0n) is 8.73. The van der Waals surface area contributed by atoms with Crippen molar-refractivity contribution in [3.8, 4) is 0 Å².